The lowest BCUT2D eigenvalue weighted by Crippen LogP contribution is -2.17. The van der Waals surface area contributed by atoms with Crippen LogP contribution in [-0.2, 0) is 6.42 Å². The summed E-state index contributed by atoms with van der Waals surface area (Å²) in [6.07, 6.45) is 3.05. The number of nitrogens with one attached hydrogen (secondary N) is 1. The Kier molecular flexibility index (Phi) is 5.18. The molecule has 0 unspecified atom stereocenters. The van der Waals surface area contributed by atoms with Crippen molar-refractivity contribution >= 4 is 16.7 Å². The zero-order valence-electron chi connectivity index (χ0n) is 15.9. The van der Waals surface area contributed by atoms with E-state index in [4.69, 9.17) is 0 Å². The Morgan fingerprint density at radius 2 is 1.97 bits per heavy atom. The van der Waals surface area contributed by atoms with Gasteiger partial charge in [0.1, 0.15) is 11.6 Å². The molecule has 0 bridgehead atoms. The first-order valence-corrected chi connectivity index (χ1v) is 9.34. The minimum absolute atomic E-state index is 0.209. The van der Waals surface area contributed by atoms with Crippen molar-refractivity contribution in [2.75, 3.05) is 11.9 Å². The van der Waals surface area contributed by atoms with Crippen LogP contribution >= 0.6 is 0 Å². The van der Waals surface area contributed by atoms with Gasteiger partial charge in [-0.25, -0.2) is 9.97 Å². The van der Waals surface area contributed by atoms with Crippen LogP contribution in [0.4, 0.5) is 5.95 Å². The number of fused-ring (bicyclic) bond motifs is 1. The van der Waals surface area contributed by atoms with Gasteiger partial charge in [0, 0.05) is 18.3 Å². The van der Waals surface area contributed by atoms with Gasteiger partial charge in [0.05, 0.1) is 30.5 Å². The summed E-state index contributed by atoms with van der Waals surface area (Å²) in [5.74, 6) is 1.73. The van der Waals surface area contributed by atoms with E-state index < -0.39 is 6.10 Å². The predicted molar refractivity (Wildman–Crippen MR) is 112 cm³/mol. The number of nitrogens with zero attached hydrogens (tertiary/aromatic N) is 5. The Balaban J connectivity index is 1.81. The van der Waals surface area contributed by atoms with Crippen molar-refractivity contribution in [1.29, 1.82) is 5.26 Å². The molecule has 0 radical (unpaired) electrons. The highest BCUT2D eigenvalue weighted by Crippen LogP contribution is 2.27. The number of hydrogen-bond acceptors (Lipinski definition) is 6. The lowest BCUT2D eigenvalue weighted by molar-refractivity contribution is 0.208. The maximum Gasteiger partial charge on any atom is 0.224 e. The highest BCUT2D eigenvalue weighted by atomic mass is 16.3. The molecule has 7 heteroatoms. The standard InChI is InChI=1S/C22H20N6O/c1-15(29)13-26-22-24-11-9-20(27-22)28-19(8-10-23)14-25-21(28)18-7-6-16-4-2-3-5-17(16)12-18/h2-7,9,11-12,14-15,29H,8,13H2,1H3,(H,24,26,27)/t15-/m1/s1. The molecule has 7 nitrogen and oxygen atoms in total. The summed E-state index contributed by atoms with van der Waals surface area (Å²) < 4.78 is 1.88. The van der Waals surface area contributed by atoms with Gasteiger partial charge in [-0.2, -0.15) is 10.2 Å². The van der Waals surface area contributed by atoms with Crippen molar-refractivity contribution in [2.24, 2.45) is 0 Å². The minimum atomic E-state index is -0.516. The van der Waals surface area contributed by atoms with Crippen molar-refractivity contribution in [3.05, 3.63) is 66.6 Å². The van der Waals surface area contributed by atoms with Gasteiger partial charge in [0.15, 0.2) is 0 Å². The molecule has 2 aromatic carbocycles. The van der Waals surface area contributed by atoms with Crippen LogP contribution in [0.3, 0.4) is 0 Å². The van der Waals surface area contributed by atoms with Crippen LogP contribution in [0.15, 0.2) is 60.9 Å². The van der Waals surface area contributed by atoms with Crippen molar-refractivity contribution < 1.29 is 5.11 Å². The summed E-state index contributed by atoms with van der Waals surface area (Å²) >= 11 is 0. The Morgan fingerprint density at radius 1 is 1.14 bits per heavy atom. The van der Waals surface area contributed by atoms with E-state index in [0.29, 0.717) is 24.1 Å². The van der Waals surface area contributed by atoms with Gasteiger partial charge in [-0.3, -0.25) is 4.57 Å². The number of anilines is 1. The van der Waals surface area contributed by atoms with Crippen LogP contribution in [0, 0.1) is 11.3 Å². The van der Waals surface area contributed by atoms with E-state index in [1.807, 2.05) is 22.8 Å². The number of imidazole rings is 1. The van der Waals surface area contributed by atoms with Gasteiger partial charge in [0.25, 0.3) is 0 Å². The molecule has 29 heavy (non-hydrogen) atoms. The third-order valence-electron chi connectivity index (χ3n) is 4.53. The first-order valence-electron chi connectivity index (χ1n) is 9.34. The molecule has 2 aromatic heterocycles. The molecule has 0 amide bonds. The molecule has 144 valence electrons. The molecule has 0 aliphatic carbocycles. The van der Waals surface area contributed by atoms with Crippen molar-refractivity contribution in [3.63, 3.8) is 0 Å². The lowest BCUT2D eigenvalue weighted by Gasteiger charge is -2.12. The number of hydrogen-bond donors (Lipinski definition) is 2. The summed E-state index contributed by atoms with van der Waals surface area (Å²) in [4.78, 5) is 13.4. The Labute approximate surface area is 168 Å². The smallest absolute Gasteiger partial charge is 0.224 e. The minimum Gasteiger partial charge on any atom is -0.392 e. The van der Waals surface area contributed by atoms with Crippen LogP contribution in [0.5, 0.6) is 0 Å². The monoisotopic (exact) mass is 384 g/mol. The van der Waals surface area contributed by atoms with E-state index >= 15 is 0 Å². The number of rotatable bonds is 6. The van der Waals surface area contributed by atoms with Crippen LogP contribution in [0.2, 0.25) is 0 Å². The first kappa shape index (κ1) is 18.6. The van der Waals surface area contributed by atoms with Crippen molar-refractivity contribution in [1.82, 2.24) is 19.5 Å². The lowest BCUT2D eigenvalue weighted by atomic mass is 10.1. The van der Waals surface area contributed by atoms with E-state index in [-0.39, 0.29) is 6.42 Å². The van der Waals surface area contributed by atoms with Crippen molar-refractivity contribution in [3.8, 4) is 23.3 Å². The molecule has 0 aliphatic rings. The molecule has 2 N–H and O–H groups in total. The molecule has 1 atom stereocenters. The molecule has 0 fully saturated rings. The maximum absolute atomic E-state index is 9.49. The van der Waals surface area contributed by atoms with E-state index in [1.54, 1.807) is 25.4 Å². The molecule has 4 aromatic rings. The SMILES string of the molecule is C[C@@H](O)CNc1nccc(-n2c(CC#N)cnc2-c2ccc3ccccc3c2)n1. The van der Waals surface area contributed by atoms with Gasteiger partial charge in [0.2, 0.25) is 5.95 Å². The average Bonchev–Trinajstić information content (AvgIpc) is 3.16. The maximum atomic E-state index is 9.49. The van der Waals surface area contributed by atoms with Gasteiger partial charge in [-0.1, -0.05) is 36.4 Å². The Bertz CT molecular complexity index is 1190. The number of nitriles is 1. The molecular formula is C22H20N6O. The van der Waals surface area contributed by atoms with Crippen molar-refractivity contribution in [2.45, 2.75) is 19.4 Å². The first-order chi connectivity index (χ1) is 14.2. The molecule has 0 saturated heterocycles. The van der Waals surface area contributed by atoms with E-state index in [2.05, 4.69) is 50.6 Å². The zero-order valence-corrected chi connectivity index (χ0v) is 15.9. The van der Waals surface area contributed by atoms with Gasteiger partial charge in [-0.05, 0) is 29.8 Å². The number of aliphatic hydroxyl groups excluding tert-OH is 1. The van der Waals surface area contributed by atoms with E-state index in [9.17, 15) is 10.4 Å². The zero-order chi connectivity index (χ0) is 20.2. The molecule has 0 spiro atoms. The fraction of sp³-hybridized carbons (Fsp3) is 0.182. The van der Waals surface area contributed by atoms with Crippen LogP contribution in [-0.4, -0.2) is 37.3 Å². The van der Waals surface area contributed by atoms with E-state index in [0.717, 1.165) is 22.0 Å². The second-order valence-electron chi connectivity index (χ2n) is 6.77. The molecular weight excluding hydrogens is 364 g/mol. The second-order valence-corrected chi connectivity index (χ2v) is 6.77. The highest BCUT2D eigenvalue weighted by Gasteiger charge is 2.16. The molecule has 0 aliphatic heterocycles. The number of benzene rings is 2. The van der Waals surface area contributed by atoms with Crippen LogP contribution in [0.1, 0.15) is 12.6 Å². The topological polar surface area (TPSA) is 99.7 Å². The fourth-order valence-electron chi connectivity index (χ4n) is 3.18. The number of aromatic nitrogens is 4. The quantitative estimate of drug-likeness (QED) is 0.529. The largest absolute Gasteiger partial charge is 0.392 e. The summed E-state index contributed by atoms with van der Waals surface area (Å²) in [5, 5.41) is 24.0. The van der Waals surface area contributed by atoms with Gasteiger partial charge >= 0.3 is 0 Å². The summed E-state index contributed by atoms with van der Waals surface area (Å²) in [6, 6.07) is 18.3. The molecule has 2 heterocycles. The van der Waals surface area contributed by atoms with Crippen LogP contribution in [0.25, 0.3) is 28.0 Å². The fourth-order valence-corrected chi connectivity index (χ4v) is 3.18. The van der Waals surface area contributed by atoms with E-state index in [1.165, 1.54) is 0 Å². The van der Waals surface area contributed by atoms with Gasteiger partial charge < -0.3 is 10.4 Å². The molecule has 4 rings (SSSR count). The second kappa shape index (κ2) is 8.09. The average molecular weight is 384 g/mol. The summed E-state index contributed by atoms with van der Waals surface area (Å²) in [6.45, 7) is 2.03. The highest BCUT2D eigenvalue weighted by molar-refractivity contribution is 5.86. The Morgan fingerprint density at radius 3 is 2.76 bits per heavy atom. The normalized spacial score (nSPS) is 11.9. The number of aliphatic hydroxyl groups is 1. The summed E-state index contributed by atoms with van der Waals surface area (Å²) in [7, 11) is 0. The molecule has 0 saturated carbocycles. The summed E-state index contributed by atoms with van der Waals surface area (Å²) in [5.41, 5.74) is 1.68. The third-order valence-corrected chi connectivity index (χ3v) is 4.53. The predicted octanol–water partition coefficient (Wildman–Crippen LogP) is 3.34. The third kappa shape index (κ3) is 3.93. The van der Waals surface area contributed by atoms with Crippen LogP contribution < -0.4 is 5.32 Å². The Hall–Kier alpha value is -3.76. The van der Waals surface area contributed by atoms with Gasteiger partial charge in [-0.15, -0.1) is 0 Å².